The Morgan fingerprint density at radius 1 is 1.11 bits per heavy atom. The second kappa shape index (κ2) is 8.55. The molecule has 0 bridgehead atoms. The third kappa shape index (κ3) is 6.08. The molecule has 0 unspecified atom stereocenters. The summed E-state index contributed by atoms with van der Waals surface area (Å²) < 4.78 is 10.6. The highest BCUT2D eigenvalue weighted by atomic mass is 16.6. The van der Waals surface area contributed by atoms with E-state index in [1.54, 1.807) is 4.90 Å². The van der Waals surface area contributed by atoms with E-state index >= 15 is 0 Å². The molecule has 0 atom stereocenters. The Labute approximate surface area is 160 Å². The average Bonchev–Trinajstić information content (AvgIpc) is 2.60. The van der Waals surface area contributed by atoms with Crippen molar-refractivity contribution in [2.75, 3.05) is 19.7 Å². The van der Waals surface area contributed by atoms with E-state index < -0.39 is 5.60 Å². The summed E-state index contributed by atoms with van der Waals surface area (Å²) >= 11 is 0. The average molecular weight is 375 g/mol. The van der Waals surface area contributed by atoms with Gasteiger partial charge < -0.3 is 14.4 Å². The van der Waals surface area contributed by atoms with Crippen molar-refractivity contribution in [2.45, 2.75) is 53.1 Å². The zero-order valence-corrected chi connectivity index (χ0v) is 16.8. The van der Waals surface area contributed by atoms with Crippen molar-refractivity contribution in [3.63, 3.8) is 0 Å². The number of ether oxygens (including phenoxy) is 2. The van der Waals surface area contributed by atoms with Gasteiger partial charge in [0, 0.05) is 18.7 Å². The lowest BCUT2D eigenvalue weighted by Gasteiger charge is -2.32. The van der Waals surface area contributed by atoms with E-state index in [2.05, 4.69) is 0 Å². The number of likely N-dealkylation sites (tertiary alicyclic amines) is 1. The standard InChI is InChI=1S/C21H29NO5/c1-14-6-7-15(2)17(12-14)18(23)13-26-19(24)16-8-10-22(11-9-16)20(25)27-21(3,4)5/h6-7,12,16H,8-11,13H2,1-5H3. The summed E-state index contributed by atoms with van der Waals surface area (Å²) in [5.74, 6) is -0.872. The maximum atomic E-state index is 12.3. The molecule has 6 nitrogen and oxygen atoms in total. The normalized spacial score (nSPS) is 15.4. The molecular formula is C21H29NO5. The fraction of sp³-hybridized carbons (Fsp3) is 0.571. The monoisotopic (exact) mass is 375 g/mol. The van der Waals surface area contributed by atoms with E-state index in [9.17, 15) is 14.4 Å². The molecular weight excluding hydrogens is 346 g/mol. The van der Waals surface area contributed by atoms with Crippen molar-refractivity contribution in [3.05, 3.63) is 34.9 Å². The lowest BCUT2D eigenvalue weighted by atomic mass is 9.97. The Hall–Kier alpha value is -2.37. The first-order valence-electron chi connectivity index (χ1n) is 9.32. The molecule has 0 N–H and O–H groups in total. The number of aryl methyl sites for hydroxylation is 2. The maximum absolute atomic E-state index is 12.3. The van der Waals surface area contributed by atoms with Gasteiger partial charge in [-0.25, -0.2) is 4.79 Å². The minimum atomic E-state index is -0.541. The van der Waals surface area contributed by atoms with Gasteiger partial charge in [0.05, 0.1) is 5.92 Å². The van der Waals surface area contributed by atoms with Gasteiger partial charge in [-0.3, -0.25) is 9.59 Å². The van der Waals surface area contributed by atoms with Gasteiger partial charge in [0.1, 0.15) is 5.60 Å². The molecule has 1 aromatic carbocycles. The van der Waals surface area contributed by atoms with Gasteiger partial charge >= 0.3 is 12.1 Å². The summed E-state index contributed by atoms with van der Waals surface area (Å²) in [6.45, 7) is 9.88. The van der Waals surface area contributed by atoms with Gasteiger partial charge in [-0.05, 0) is 59.1 Å². The molecule has 6 heteroatoms. The zero-order valence-electron chi connectivity index (χ0n) is 16.8. The third-order valence-electron chi connectivity index (χ3n) is 4.52. The molecule has 1 saturated heterocycles. The molecule has 1 aromatic rings. The second-order valence-corrected chi connectivity index (χ2v) is 8.09. The molecule has 1 amide bonds. The molecule has 0 aromatic heterocycles. The number of benzene rings is 1. The Morgan fingerprint density at radius 3 is 2.33 bits per heavy atom. The number of hydrogen-bond donors (Lipinski definition) is 0. The highest BCUT2D eigenvalue weighted by Gasteiger charge is 2.31. The number of amides is 1. The third-order valence-corrected chi connectivity index (χ3v) is 4.52. The van der Waals surface area contributed by atoms with Crippen LogP contribution in [0.15, 0.2) is 18.2 Å². The lowest BCUT2D eigenvalue weighted by Crippen LogP contribution is -2.43. The van der Waals surface area contributed by atoms with Crippen LogP contribution in [0.25, 0.3) is 0 Å². The van der Waals surface area contributed by atoms with Gasteiger partial charge in [-0.1, -0.05) is 17.7 Å². The predicted molar refractivity (Wildman–Crippen MR) is 102 cm³/mol. The van der Waals surface area contributed by atoms with Crippen LogP contribution in [0.4, 0.5) is 4.79 Å². The first-order chi connectivity index (χ1) is 12.6. The number of nitrogens with zero attached hydrogens (tertiary/aromatic N) is 1. The summed E-state index contributed by atoms with van der Waals surface area (Å²) in [6, 6.07) is 5.64. The lowest BCUT2D eigenvalue weighted by molar-refractivity contribution is -0.149. The van der Waals surface area contributed by atoms with E-state index in [0.29, 0.717) is 31.5 Å². The number of hydrogen-bond acceptors (Lipinski definition) is 5. The van der Waals surface area contributed by atoms with Gasteiger partial charge in [0.15, 0.2) is 6.61 Å². The largest absolute Gasteiger partial charge is 0.457 e. The molecule has 1 heterocycles. The number of ketones is 1. The minimum Gasteiger partial charge on any atom is -0.457 e. The SMILES string of the molecule is Cc1ccc(C)c(C(=O)COC(=O)C2CCN(C(=O)OC(C)(C)C)CC2)c1. The molecule has 0 aliphatic carbocycles. The highest BCUT2D eigenvalue weighted by molar-refractivity contribution is 5.99. The van der Waals surface area contributed by atoms with E-state index in [4.69, 9.17) is 9.47 Å². The first-order valence-corrected chi connectivity index (χ1v) is 9.32. The van der Waals surface area contributed by atoms with Crippen LogP contribution in [-0.2, 0) is 14.3 Å². The van der Waals surface area contributed by atoms with Gasteiger partial charge in [-0.15, -0.1) is 0 Å². The zero-order chi connectivity index (χ0) is 20.2. The van der Waals surface area contributed by atoms with Crippen LogP contribution in [-0.4, -0.2) is 48.0 Å². The van der Waals surface area contributed by atoms with Crippen molar-refractivity contribution >= 4 is 17.8 Å². The van der Waals surface area contributed by atoms with E-state index in [1.807, 2.05) is 52.8 Å². The van der Waals surface area contributed by atoms with Gasteiger partial charge in [0.25, 0.3) is 0 Å². The van der Waals surface area contributed by atoms with Crippen molar-refractivity contribution in [2.24, 2.45) is 5.92 Å². The Bertz CT molecular complexity index is 712. The number of carbonyl (C=O) groups is 3. The Morgan fingerprint density at radius 2 is 1.74 bits per heavy atom. The van der Waals surface area contributed by atoms with E-state index in [-0.39, 0.29) is 30.4 Å². The van der Waals surface area contributed by atoms with Gasteiger partial charge in [0.2, 0.25) is 5.78 Å². The van der Waals surface area contributed by atoms with Crippen LogP contribution < -0.4 is 0 Å². The molecule has 0 saturated carbocycles. The number of esters is 1. The maximum Gasteiger partial charge on any atom is 0.410 e. The molecule has 27 heavy (non-hydrogen) atoms. The summed E-state index contributed by atoms with van der Waals surface area (Å²) in [4.78, 5) is 38.3. The molecule has 1 aliphatic heterocycles. The van der Waals surface area contributed by atoms with Crippen LogP contribution in [0.3, 0.4) is 0 Å². The Balaban J connectivity index is 1.82. The molecule has 1 fully saturated rings. The number of piperidine rings is 1. The van der Waals surface area contributed by atoms with Crippen molar-refractivity contribution < 1.29 is 23.9 Å². The van der Waals surface area contributed by atoms with Crippen LogP contribution in [0.2, 0.25) is 0 Å². The smallest absolute Gasteiger partial charge is 0.410 e. The number of rotatable bonds is 4. The topological polar surface area (TPSA) is 72.9 Å². The number of Topliss-reactive ketones (excluding diaryl/α,β-unsaturated/α-hetero) is 1. The van der Waals surface area contributed by atoms with Crippen molar-refractivity contribution in [3.8, 4) is 0 Å². The summed E-state index contributed by atoms with van der Waals surface area (Å²) in [5, 5.41) is 0. The van der Waals surface area contributed by atoms with Crippen LogP contribution in [0.5, 0.6) is 0 Å². The quantitative estimate of drug-likeness (QED) is 0.593. The van der Waals surface area contributed by atoms with Crippen molar-refractivity contribution in [1.82, 2.24) is 4.90 Å². The van der Waals surface area contributed by atoms with E-state index in [1.165, 1.54) is 0 Å². The predicted octanol–water partition coefficient (Wildman–Crippen LogP) is 3.68. The molecule has 2 rings (SSSR count). The fourth-order valence-electron chi connectivity index (χ4n) is 2.99. The van der Waals surface area contributed by atoms with Crippen LogP contribution >= 0.6 is 0 Å². The summed E-state index contributed by atoms with van der Waals surface area (Å²) in [7, 11) is 0. The van der Waals surface area contributed by atoms with E-state index in [0.717, 1.165) is 11.1 Å². The summed E-state index contributed by atoms with van der Waals surface area (Å²) in [5.41, 5.74) is 1.90. The Kier molecular flexibility index (Phi) is 6.63. The number of carbonyl (C=O) groups excluding carboxylic acids is 3. The fourth-order valence-corrected chi connectivity index (χ4v) is 2.99. The van der Waals surface area contributed by atoms with Crippen molar-refractivity contribution in [1.29, 1.82) is 0 Å². The first kappa shape index (κ1) is 20.9. The molecule has 0 spiro atoms. The van der Waals surface area contributed by atoms with Crippen LogP contribution in [0, 0.1) is 19.8 Å². The minimum absolute atomic E-state index is 0.198. The molecule has 148 valence electrons. The van der Waals surface area contributed by atoms with Gasteiger partial charge in [-0.2, -0.15) is 0 Å². The highest BCUT2D eigenvalue weighted by Crippen LogP contribution is 2.21. The molecule has 1 aliphatic rings. The van der Waals surface area contributed by atoms with Crippen LogP contribution in [0.1, 0.15) is 55.1 Å². The molecule has 0 radical (unpaired) electrons. The summed E-state index contributed by atoms with van der Waals surface area (Å²) in [6.07, 6.45) is 0.658. The second-order valence-electron chi connectivity index (χ2n) is 8.09.